The molecule has 0 aromatic heterocycles. The molecule has 96 valence electrons. The van der Waals surface area contributed by atoms with Crippen LogP contribution >= 0.6 is 0 Å². The Balaban J connectivity index is 2.17. The van der Waals surface area contributed by atoms with Gasteiger partial charge in [0.1, 0.15) is 6.10 Å². The lowest BCUT2D eigenvalue weighted by molar-refractivity contribution is -0.384. The maximum absolute atomic E-state index is 12.1. The Hall–Kier alpha value is -1.95. The van der Waals surface area contributed by atoms with Crippen molar-refractivity contribution >= 4 is 17.3 Å². The first-order chi connectivity index (χ1) is 8.59. The minimum atomic E-state index is -0.478. The Bertz CT molecular complexity index is 469. The van der Waals surface area contributed by atoms with Crippen LogP contribution in [-0.2, 0) is 9.53 Å². The highest BCUT2D eigenvalue weighted by Crippen LogP contribution is 2.22. The van der Waals surface area contributed by atoms with Gasteiger partial charge in [-0.3, -0.25) is 14.9 Å². The monoisotopic (exact) mass is 250 g/mol. The van der Waals surface area contributed by atoms with Gasteiger partial charge in [-0.2, -0.15) is 0 Å². The van der Waals surface area contributed by atoms with E-state index in [1.165, 1.54) is 17.0 Å². The standard InChI is InChI=1S/C12H14N2O4/c1-13(12(15)11-6-3-7-18-11)9-4-2-5-10(8-9)14(16)17/h2,4-5,8,11H,3,6-7H2,1H3/t11-/m0/s1. The van der Waals surface area contributed by atoms with Crippen LogP contribution < -0.4 is 4.90 Å². The van der Waals surface area contributed by atoms with Crippen molar-refractivity contribution in [3.05, 3.63) is 34.4 Å². The lowest BCUT2D eigenvalue weighted by Crippen LogP contribution is -2.36. The van der Waals surface area contributed by atoms with E-state index in [-0.39, 0.29) is 11.6 Å². The molecule has 6 heteroatoms. The number of anilines is 1. The van der Waals surface area contributed by atoms with Gasteiger partial charge >= 0.3 is 0 Å². The predicted molar refractivity (Wildman–Crippen MR) is 65.5 cm³/mol. The van der Waals surface area contributed by atoms with Gasteiger partial charge in [0, 0.05) is 25.8 Å². The average Bonchev–Trinajstić information content (AvgIpc) is 2.91. The van der Waals surface area contributed by atoms with Gasteiger partial charge in [0.15, 0.2) is 0 Å². The number of likely N-dealkylation sites (N-methyl/N-ethyl adjacent to an activating group) is 1. The molecule has 0 aliphatic carbocycles. The molecule has 1 aromatic rings. The van der Waals surface area contributed by atoms with E-state index in [9.17, 15) is 14.9 Å². The highest BCUT2D eigenvalue weighted by atomic mass is 16.6. The summed E-state index contributed by atoms with van der Waals surface area (Å²) in [5.74, 6) is -0.159. The van der Waals surface area contributed by atoms with E-state index in [0.717, 1.165) is 6.42 Å². The molecule has 0 unspecified atom stereocenters. The number of nitrogens with zero attached hydrogens (tertiary/aromatic N) is 2. The molecule has 18 heavy (non-hydrogen) atoms. The summed E-state index contributed by atoms with van der Waals surface area (Å²) >= 11 is 0. The van der Waals surface area contributed by atoms with Gasteiger partial charge in [-0.15, -0.1) is 0 Å². The fraction of sp³-hybridized carbons (Fsp3) is 0.417. The Labute approximate surface area is 104 Å². The number of hydrogen-bond acceptors (Lipinski definition) is 4. The zero-order valence-corrected chi connectivity index (χ0v) is 10.0. The SMILES string of the molecule is CN(C(=O)[C@@H]1CCCO1)c1cccc([N+](=O)[O-])c1. The largest absolute Gasteiger partial charge is 0.368 e. The lowest BCUT2D eigenvalue weighted by atomic mass is 10.2. The van der Waals surface area contributed by atoms with Crippen molar-refractivity contribution in [3.8, 4) is 0 Å². The number of carbonyl (C=O) groups is 1. The molecule has 0 bridgehead atoms. The van der Waals surface area contributed by atoms with Crippen LogP contribution in [0.15, 0.2) is 24.3 Å². The molecule has 2 rings (SSSR count). The van der Waals surface area contributed by atoms with Crippen LogP contribution in [0.4, 0.5) is 11.4 Å². The molecule has 1 aliphatic rings. The molecule has 0 N–H and O–H groups in total. The van der Waals surface area contributed by atoms with Crippen LogP contribution in [0, 0.1) is 10.1 Å². The fourth-order valence-electron chi connectivity index (χ4n) is 1.93. The topological polar surface area (TPSA) is 72.7 Å². The molecule has 1 aromatic carbocycles. The summed E-state index contributed by atoms with van der Waals surface area (Å²) in [5, 5.41) is 10.7. The van der Waals surface area contributed by atoms with Crippen LogP contribution in [-0.4, -0.2) is 30.6 Å². The van der Waals surface area contributed by atoms with Crippen LogP contribution in [0.5, 0.6) is 0 Å². The van der Waals surface area contributed by atoms with E-state index >= 15 is 0 Å². The molecule has 1 saturated heterocycles. The van der Waals surface area contributed by atoms with E-state index < -0.39 is 11.0 Å². The Morgan fingerprint density at radius 2 is 2.33 bits per heavy atom. The summed E-state index contributed by atoms with van der Waals surface area (Å²) in [6.45, 7) is 0.596. The first-order valence-corrected chi connectivity index (χ1v) is 5.73. The second kappa shape index (κ2) is 5.14. The van der Waals surface area contributed by atoms with E-state index in [0.29, 0.717) is 18.7 Å². The summed E-state index contributed by atoms with van der Waals surface area (Å²) in [5.41, 5.74) is 0.476. The lowest BCUT2D eigenvalue weighted by Gasteiger charge is -2.20. The van der Waals surface area contributed by atoms with Crippen LogP contribution in [0.3, 0.4) is 0 Å². The summed E-state index contributed by atoms with van der Waals surface area (Å²) in [6.07, 6.45) is 1.16. The number of carbonyl (C=O) groups excluding carboxylic acids is 1. The summed E-state index contributed by atoms with van der Waals surface area (Å²) < 4.78 is 5.31. The van der Waals surface area contributed by atoms with Crippen molar-refractivity contribution in [2.75, 3.05) is 18.6 Å². The number of amides is 1. The molecular formula is C12H14N2O4. The smallest absolute Gasteiger partial charge is 0.271 e. The minimum absolute atomic E-state index is 0.0282. The highest BCUT2D eigenvalue weighted by molar-refractivity contribution is 5.96. The van der Waals surface area contributed by atoms with Crippen molar-refractivity contribution in [2.24, 2.45) is 0 Å². The number of benzene rings is 1. The third kappa shape index (κ3) is 2.48. The highest BCUT2D eigenvalue weighted by Gasteiger charge is 2.27. The van der Waals surface area contributed by atoms with Crippen LogP contribution in [0.2, 0.25) is 0 Å². The van der Waals surface area contributed by atoms with Crippen molar-refractivity contribution in [2.45, 2.75) is 18.9 Å². The van der Waals surface area contributed by atoms with Crippen LogP contribution in [0.1, 0.15) is 12.8 Å². The van der Waals surface area contributed by atoms with E-state index in [2.05, 4.69) is 0 Å². The summed E-state index contributed by atoms with van der Waals surface area (Å²) in [7, 11) is 1.60. The Morgan fingerprint density at radius 1 is 1.56 bits per heavy atom. The van der Waals surface area contributed by atoms with Crippen molar-refractivity contribution in [3.63, 3.8) is 0 Å². The van der Waals surface area contributed by atoms with Crippen molar-refractivity contribution < 1.29 is 14.5 Å². The second-order valence-electron chi connectivity index (χ2n) is 4.18. The molecule has 1 heterocycles. The van der Waals surface area contributed by atoms with E-state index in [1.54, 1.807) is 19.2 Å². The minimum Gasteiger partial charge on any atom is -0.368 e. The van der Waals surface area contributed by atoms with Crippen LogP contribution in [0.25, 0.3) is 0 Å². The molecule has 6 nitrogen and oxygen atoms in total. The molecule has 1 amide bonds. The summed E-state index contributed by atoms with van der Waals surface area (Å²) in [4.78, 5) is 23.7. The Kier molecular flexibility index (Phi) is 3.57. The third-order valence-corrected chi connectivity index (χ3v) is 2.96. The molecule has 1 aliphatic heterocycles. The predicted octanol–water partition coefficient (Wildman–Crippen LogP) is 1.74. The quantitative estimate of drug-likeness (QED) is 0.605. The molecule has 0 spiro atoms. The molecular weight excluding hydrogens is 236 g/mol. The third-order valence-electron chi connectivity index (χ3n) is 2.96. The first kappa shape index (κ1) is 12.5. The van der Waals surface area contributed by atoms with E-state index in [1.807, 2.05) is 0 Å². The van der Waals surface area contributed by atoms with Gasteiger partial charge in [-0.1, -0.05) is 6.07 Å². The maximum Gasteiger partial charge on any atom is 0.271 e. The zero-order valence-electron chi connectivity index (χ0n) is 10.0. The number of rotatable bonds is 3. The molecule has 0 saturated carbocycles. The van der Waals surface area contributed by atoms with Gasteiger partial charge in [0.25, 0.3) is 11.6 Å². The van der Waals surface area contributed by atoms with E-state index in [4.69, 9.17) is 4.74 Å². The van der Waals surface area contributed by atoms with Gasteiger partial charge in [0.2, 0.25) is 0 Å². The normalized spacial score (nSPS) is 18.6. The molecule has 1 atom stereocenters. The van der Waals surface area contributed by atoms with Crippen molar-refractivity contribution in [1.82, 2.24) is 0 Å². The zero-order chi connectivity index (χ0) is 13.1. The van der Waals surface area contributed by atoms with Gasteiger partial charge in [-0.05, 0) is 18.9 Å². The van der Waals surface area contributed by atoms with Gasteiger partial charge < -0.3 is 9.64 Å². The van der Waals surface area contributed by atoms with Gasteiger partial charge in [0.05, 0.1) is 10.6 Å². The average molecular weight is 250 g/mol. The number of non-ortho nitro benzene ring substituents is 1. The number of ether oxygens (including phenoxy) is 1. The summed E-state index contributed by atoms with van der Waals surface area (Å²) in [6, 6.07) is 6.01. The molecule has 0 radical (unpaired) electrons. The second-order valence-corrected chi connectivity index (χ2v) is 4.18. The fourth-order valence-corrected chi connectivity index (χ4v) is 1.93. The first-order valence-electron chi connectivity index (χ1n) is 5.73. The Morgan fingerprint density at radius 3 is 2.94 bits per heavy atom. The van der Waals surface area contributed by atoms with Gasteiger partial charge in [-0.25, -0.2) is 0 Å². The number of nitro benzene ring substituents is 1. The molecule has 1 fully saturated rings. The number of nitro groups is 1. The number of hydrogen-bond donors (Lipinski definition) is 0. The van der Waals surface area contributed by atoms with Crippen molar-refractivity contribution in [1.29, 1.82) is 0 Å². The maximum atomic E-state index is 12.1.